The Balaban J connectivity index is 2.01. The molecule has 0 radical (unpaired) electrons. The quantitative estimate of drug-likeness (QED) is 0.591. The number of benzene rings is 1. The predicted molar refractivity (Wildman–Crippen MR) is 107 cm³/mol. The molecule has 2 rings (SSSR count). The highest BCUT2D eigenvalue weighted by Gasteiger charge is 2.21. The molecule has 1 saturated carbocycles. The largest absolute Gasteiger partial charge is 0.352 e. The molecule has 1 fully saturated rings. The van der Waals surface area contributed by atoms with E-state index < -0.39 is 15.9 Å². The van der Waals surface area contributed by atoms with Crippen molar-refractivity contribution in [3.05, 3.63) is 27.3 Å². The van der Waals surface area contributed by atoms with Crippen molar-refractivity contribution in [2.75, 3.05) is 20.6 Å². The summed E-state index contributed by atoms with van der Waals surface area (Å²) in [6.45, 7) is -0.129. The van der Waals surface area contributed by atoms with Crippen LogP contribution in [0.15, 0.2) is 23.1 Å². The van der Waals surface area contributed by atoms with Gasteiger partial charge in [0, 0.05) is 23.7 Å². The molecule has 0 spiro atoms. The SMILES string of the molecule is CN(C)S(=O)(=O)c1ccc(I)c(C(=O)NCC(=O)NC2CCCCC2)c1. The number of halogens is 1. The van der Waals surface area contributed by atoms with Gasteiger partial charge in [-0.15, -0.1) is 0 Å². The molecule has 0 heterocycles. The average molecular weight is 493 g/mol. The van der Waals surface area contributed by atoms with Crippen LogP contribution in [0.25, 0.3) is 0 Å². The molecule has 0 bridgehead atoms. The lowest BCUT2D eigenvalue weighted by molar-refractivity contribution is -0.121. The molecule has 0 atom stereocenters. The van der Waals surface area contributed by atoms with Crippen LogP contribution in [-0.2, 0) is 14.8 Å². The molecule has 1 aliphatic rings. The topological polar surface area (TPSA) is 95.6 Å². The first-order valence-electron chi connectivity index (χ1n) is 8.51. The molecule has 0 aliphatic heterocycles. The van der Waals surface area contributed by atoms with Crippen molar-refractivity contribution in [2.45, 2.75) is 43.0 Å². The van der Waals surface area contributed by atoms with Crippen molar-refractivity contribution in [2.24, 2.45) is 0 Å². The number of amides is 2. The summed E-state index contributed by atoms with van der Waals surface area (Å²) < 4.78 is 26.2. The summed E-state index contributed by atoms with van der Waals surface area (Å²) in [5.41, 5.74) is 0.235. The zero-order chi connectivity index (χ0) is 19.3. The molecule has 9 heteroatoms. The molecule has 1 aromatic rings. The van der Waals surface area contributed by atoms with Crippen LogP contribution < -0.4 is 10.6 Å². The van der Waals surface area contributed by atoms with Gasteiger partial charge in [0.25, 0.3) is 5.91 Å². The Morgan fingerprint density at radius 3 is 2.46 bits per heavy atom. The zero-order valence-electron chi connectivity index (χ0n) is 14.9. The third kappa shape index (κ3) is 5.40. The number of carbonyl (C=O) groups excluding carboxylic acids is 2. The second-order valence-electron chi connectivity index (χ2n) is 6.51. The Hall–Kier alpha value is -1.20. The van der Waals surface area contributed by atoms with Gasteiger partial charge in [-0.25, -0.2) is 12.7 Å². The average Bonchev–Trinajstić information content (AvgIpc) is 2.60. The van der Waals surface area contributed by atoms with Gasteiger partial charge in [-0.3, -0.25) is 9.59 Å². The summed E-state index contributed by atoms with van der Waals surface area (Å²) in [6.07, 6.45) is 5.38. The van der Waals surface area contributed by atoms with Gasteiger partial charge in [-0.05, 0) is 53.6 Å². The second kappa shape index (κ2) is 9.14. The molecule has 144 valence electrons. The Kier molecular flexibility index (Phi) is 7.42. The maximum Gasteiger partial charge on any atom is 0.252 e. The summed E-state index contributed by atoms with van der Waals surface area (Å²) in [5, 5.41) is 5.51. The van der Waals surface area contributed by atoms with E-state index in [1.165, 1.54) is 32.6 Å². The number of nitrogens with zero attached hydrogens (tertiary/aromatic N) is 1. The van der Waals surface area contributed by atoms with Crippen molar-refractivity contribution in [3.63, 3.8) is 0 Å². The molecule has 2 amide bonds. The number of hydrogen-bond donors (Lipinski definition) is 2. The first kappa shape index (κ1) is 21.1. The summed E-state index contributed by atoms with van der Waals surface area (Å²) in [5.74, 6) is -0.693. The van der Waals surface area contributed by atoms with E-state index in [-0.39, 0.29) is 29.0 Å². The van der Waals surface area contributed by atoms with Gasteiger partial charge in [0.1, 0.15) is 0 Å². The van der Waals surface area contributed by atoms with Crippen LogP contribution in [0, 0.1) is 3.57 Å². The number of nitrogens with one attached hydrogen (secondary N) is 2. The van der Waals surface area contributed by atoms with E-state index in [0.717, 1.165) is 30.0 Å². The van der Waals surface area contributed by atoms with E-state index in [2.05, 4.69) is 10.6 Å². The Morgan fingerprint density at radius 1 is 1.19 bits per heavy atom. The zero-order valence-corrected chi connectivity index (χ0v) is 17.9. The van der Waals surface area contributed by atoms with Crippen LogP contribution in [-0.4, -0.2) is 51.2 Å². The second-order valence-corrected chi connectivity index (χ2v) is 9.83. The van der Waals surface area contributed by atoms with Gasteiger partial charge in [-0.1, -0.05) is 19.3 Å². The Bertz CT molecular complexity index is 774. The van der Waals surface area contributed by atoms with Crippen molar-refractivity contribution in [1.82, 2.24) is 14.9 Å². The van der Waals surface area contributed by atoms with Crippen LogP contribution in [0.3, 0.4) is 0 Å². The first-order chi connectivity index (χ1) is 12.2. The third-order valence-electron chi connectivity index (χ3n) is 4.34. The monoisotopic (exact) mass is 493 g/mol. The maximum absolute atomic E-state index is 12.4. The van der Waals surface area contributed by atoms with Gasteiger partial charge in [-0.2, -0.15) is 0 Å². The highest BCUT2D eigenvalue weighted by Crippen LogP contribution is 2.20. The lowest BCUT2D eigenvalue weighted by atomic mass is 9.95. The van der Waals surface area contributed by atoms with E-state index in [1.807, 2.05) is 22.6 Å². The summed E-state index contributed by atoms with van der Waals surface area (Å²) in [6, 6.07) is 4.56. The minimum atomic E-state index is -3.63. The van der Waals surface area contributed by atoms with Crippen LogP contribution in [0.5, 0.6) is 0 Å². The van der Waals surface area contributed by atoms with Crippen LogP contribution >= 0.6 is 22.6 Å². The maximum atomic E-state index is 12.4. The minimum absolute atomic E-state index is 0.0414. The summed E-state index contributed by atoms with van der Waals surface area (Å²) in [7, 11) is -0.763. The fourth-order valence-electron chi connectivity index (χ4n) is 2.83. The highest BCUT2D eigenvalue weighted by molar-refractivity contribution is 14.1. The molecule has 26 heavy (non-hydrogen) atoms. The molecular weight excluding hydrogens is 469 g/mol. The van der Waals surface area contributed by atoms with E-state index in [0.29, 0.717) is 3.57 Å². The van der Waals surface area contributed by atoms with E-state index in [9.17, 15) is 18.0 Å². The summed E-state index contributed by atoms with van der Waals surface area (Å²) >= 11 is 1.97. The van der Waals surface area contributed by atoms with E-state index in [4.69, 9.17) is 0 Å². The van der Waals surface area contributed by atoms with Crippen LogP contribution in [0.4, 0.5) is 0 Å². The van der Waals surface area contributed by atoms with Crippen LogP contribution in [0.1, 0.15) is 42.5 Å². The number of sulfonamides is 1. The van der Waals surface area contributed by atoms with E-state index >= 15 is 0 Å². The Morgan fingerprint density at radius 2 is 1.85 bits per heavy atom. The number of rotatable bonds is 6. The molecule has 0 aromatic heterocycles. The standard InChI is InChI=1S/C17H24IN3O4S/c1-21(2)26(24,25)13-8-9-15(18)14(10-13)17(23)19-11-16(22)20-12-6-4-3-5-7-12/h8-10,12H,3-7,11H2,1-2H3,(H,19,23)(H,20,22). The van der Waals surface area contributed by atoms with Crippen molar-refractivity contribution >= 4 is 44.4 Å². The predicted octanol–water partition coefficient (Wildman–Crippen LogP) is 1.72. The van der Waals surface area contributed by atoms with Gasteiger partial charge in [0.15, 0.2) is 0 Å². The minimum Gasteiger partial charge on any atom is -0.352 e. The third-order valence-corrected chi connectivity index (χ3v) is 7.09. The van der Waals surface area contributed by atoms with Crippen molar-refractivity contribution in [3.8, 4) is 0 Å². The van der Waals surface area contributed by atoms with Crippen molar-refractivity contribution in [1.29, 1.82) is 0 Å². The summed E-state index contributed by atoms with van der Waals surface area (Å²) in [4.78, 5) is 24.5. The van der Waals surface area contributed by atoms with Crippen LogP contribution in [0.2, 0.25) is 0 Å². The number of hydrogen-bond acceptors (Lipinski definition) is 4. The number of carbonyl (C=O) groups is 2. The van der Waals surface area contributed by atoms with Gasteiger partial charge in [0.05, 0.1) is 17.0 Å². The normalized spacial score (nSPS) is 15.7. The molecular formula is C17H24IN3O4S. The lowest BCUT2D eigenvalue weighted by Crippen LogP contribution is -2.42. The fraction of sp³-hybridized carbons (Fsp3) is 0.529. The molecule has 1 aromatic carbocycles. The highest BCUT2D eigenvalue weighted by atomic mass is 127. The Labute approximate surface area is 168 Å². The van der Waals surface area contributed by atoms with Gasteiger partial charge in [0.2, 0.25) is 15.9 Å². The van der Waals surface area contributed by atoms with Gasteiger partial charge >= 0.3 is 0 Å². The molecule has 1 aliphatic carbocycles. The first-order valence-corrected chi connectivity index (χ1v) is 11.0. The molecule has 0 saturated heterocycles. The molecule has 0 unspecified atom stereocenters. The smallest absolute Gasteiger partial charge is 0.252 e. The van der Waals surface area contributed by atoms with Crippen molar-refractivity contribution < 1.29 is 18.0 Å². The van der Waals surface area contributed by atoms with Gasteiger partial charge < -0.3 is 10.6 Å². The fourth-order valence-corrected chi connectivity index (χ4v) is 4.34. The molecule has 7 nitrogen and oxygen atoms in total. The van der Waals surface area contributed by atoms with E-state index in [1.54, 1.807) is 6.07 Å². The molecule has 2 N–H and O–H groups in total. The lowest BCUT2D eigenvalue weighted by Gasteiger charge is -2.22.